The van der Waals surface area contributed by atoms with Gasteiger partial charge in [0, 0.05) is 24.2 Å². The molecule has 1 fully saturated rings. The molecule has 0 atom stereocenters. The standard InChI is InChI=1S/C14H19ClN2O4S/c1-2-21-14(18)17-9-7-12(8-10-17)16-22(19,20)13-5-3-11(15)4-6-13/h3-6,12,16H,2,7-10H2,1H3. The van der Waals surface area contributed by atoms with Gasteiger partial charge in [0.05, 0.1) is 11.5 Å². The number of carbonyl (C=O) groups excluding carboxylic acids is 1. The SMILES string of the molecule is CCOC(=O)N1CCC(NS(=O)(=O)c2ccc(Cl)cc2)CC1. The first-order valence-corrected chi connectivity index (χ1v) is 8.98. The van der Waals surface area contributed by atoms with Crippen molar-refractivity contribution in [3.05, 3.63) is 29.3 Å². The van der Waals surface area contributed by atoms with Crippen molar-refractivity contribution in [2.75, 3.05) is 19.7 Å². The smallest absolute Gasteiger partial charge is 0.409 e. The summed E-state index contributed by atoms with van der Waals surface area (Å²) in [6.45, 7) is 3.05. The summed E-state index contributed by atoms with van der Waals surface area (Å²) in [6, 6.07) is 5.84. The lowest BCUT2D eigenvalue weighted by molar-refractivity contribution is 0.0966. The molecule has 1 N–H and O–H groups in total. The molecule has 0 spiro atoms. The summed E-state index contributed by atoms with van der Waals surface area (Å²) in [5.41, 5.74) is 0. The number of nitrogens with one attached hydrogen (secondary N) is 1. The molecule has 0 aromatic heterocycles. The van der Waals surface area contributed by atoms with E-state index in [1.54, 1.807) is 24.0 Å². The summed E-state index contributed by atoms with van der Waals surface area (Å²) in [5, 5.41) is 0.488. The van der Waals surface area contributed by atoms with Crippen molar-refractivity contribution >= 4 is 27.7 Å². The van der Waals surface area contributed by atoms with E-state index < -0.39 is 10.0 Å². The second kappa shape index (κ2) is 7.30. The van der Waals surface area contributed by atoms with E-state index in [2.05, 4.69) is 4.72 Å². The molecule has 1 saturated heterocycles. The predicted molar refractivity (Wildman–Crippen MR) is 83.4 cm³/mol. The molecule has 2 rings (SSSR count). The summed E-state index contributed by atoms with van der Waals surface area (Å²) < 4.78 is 32.1. The van der Waals surface area contributed by atoms with Crippen LogP contribution < -0.4 is 4.72 Å². The number of ether oxygens (including phenoxy) is 1. The number of hydrogen-bond acceptors (Lipinski definition) is 4. The number of rotatable bonds is 4. The molecule has 1 aromatic carbocycles. The fourth-order valence-corrected chi connectivity index (χ4v) is 3.73. The molecule has 1 aromatic rings. The zero-order valence-corrected chi connectivity index (χ0v) is 13.9. The number of sulfonamides is 1. The quantitative estimate of drug-likeness (QED) is 0.907. The number of halogens is 1. The molecule has 122 valence electrons. The van der Waals surface area contributed by atoms with Crippen LogP contribution in [0.2, 0.25) is 5.02 Å². The van der Waals surface area contributed by atoms with Crippen LogP contribution in [0.5, 0.6) is 0 Å². The van der Waals surface area contributed by atoms with Gasteiger partial charge in [-0.3, -0.25) is 0 Å². The van der Waals surface area contributed by atoms with Gasteiger partial charge in [0.1, 0.15) is 0 Å². The molecule has 1 amide bonds. The molecule has 0 bridgehead atoms. The molecular formula is C14H19ClN2O4S. The summed E-state index contributed by atoms with van der Waals surface area (Å²) in [7, 11) is -3.57. The summed E-state index contributed by atoms with van der Waals surface area (Å²) in [5.74, 6) is 0. The topological polar surface area (TPSA) is 75.7 Å². The summed E-state index contributed by atoms with van der Waals surface area (Å²) >= 11 is 5.76. The van der Waals surface area contributed by atoms with Gasteiger partial charge >= 0.3 is 6.09 Å². The average molecular weight is 347 g/mol. The van der Waals surface area contributed by atoms with Crippen LogP contribution in [0, 0.1) is 0 Å². The largest absolute Gasteiger partial charge is 0.450 e. The van der Waals surface area contributed by atoms with Crippen LogP contribution in [0.15, 0.2) is 29.2 Å². The van der Waals surface area contributed by atoms with Crippen LogP contribution in [0.3, 0.4) is 0 Å². The van der Waals surface area contributed by atoms with Crippen LogP contribution in [0.1, 0.15) is 19.8 Å². The fraction of sp³-hybridized carbons (Fsp3) is 0.500. The van der Waals surface area contributed by atoms with E-state index in [0.29, 0.717) is 37.6 Å². The zero-order chi connectivity index (χ0) is 16.2. The molecule has 8 heteroatoms. The molecular weight excluding hydrogens is 328 g/mol. The first kappa shape index (κ1) is 17.1. The van der Waals surface area contributed by atoms with Crippen molar-refractivity contribution in [2.45, 2.75) is 30.7 Å². The van der Waals surface area contributed by atoms with Gasteiger partial charge in [-0.15, -0.1) is 0 Å². The van der Waals surface area contributed by atoms with Gasteiger partial charge in [0.2, 0.25) is 10.0 Å². The van der Waals surface area contributed by atoms with Crippen molar-refractivity contribution in [1.29, 1.82) is 0 Å². The highest BCUT2D eigenvalue weighted by molar-refractivity contribution is 7.89. The fourth-order valence-electron chi connectivity index (χ4n) is 2.30. The highest BCUT2D eigenvalue weighted by Crippen LogP contribution is 2.17. The molecule has 22 heavy (non-hydrogen) atoms. The Morgan fingerprint density at radius 1 is 1.32 bits per heavy atom. The number of nitrogens with zero attached hydrogens (tertiary/aromatic N) is 1. The number of hydrogen-bond donors (Lipinski definition) is 1. The van der Waals surface area contributed by atoms with E-state index in [1.165, 1.54) is 12.1 Å². The van der Waals surface area contributed by atoms with Gasteiger partial charge < -0.3 is 9.64 Å². The van der Waals surface area contributed by atoms with E-state index in [0.717, 1.165) is 0 Å². The Labute approximate surface area is 135 Å². The van der Waals surface area contributed by atoms with Crippen LogP contribution >= 0.6 is 11.6 Å². The van der Waals surface area contributed by atoms with Crippen LogP contribution in [-0.2, 0) is 14.8 Å². The predicted octanol–water partition coefficient (Wildman–Crippen LogP) is 2.24. The Balaban J connectivity index is 1.92. The monoisotopic (exact) mass is 346 g/mol. The maximum absolute atomic E-state index is 12.3. The lowest BCUT2D eigenvalue weighted by Gasteiger charge is -2.31. The second-order valence-corrected chi connectivity index (χ2v) is 7.19. The number of piperidine rings is 1. The molecule has 0 radical (unpaired) electrons. The Bertz CT molecular complexity index is 610. The molecule has 0 unspecified atom stereocenters. The van der Waals surface area contributed by atoms with Crippen LogP contribution in [0.4, 0.5) is 4.79 Å². The van der Waals surface area contributed by atoms with E-state index in [4.69, 9.17) is 16.3 Å². The summed E-state index contributed by atoms with van der Waals surface area (Å²) in [6.07, 6.45) is 0.776. The molecule has 0 saturated carbocycles. The van der Waals surface area contributed by atoms with Gasteiger partial charge in [-0.2, -0.15) is 0 Å². The minimum absolute atomic E-state index is 0.185. The minimum Gasteiger partial charge on any atom is -0.450 e. The Hall–Kier alpha value is -1.31. The molecule has 0 aliphatic carbocycles. The van der Waals surface area contributed by atoms with Gasteiger partial charge in [-0.25, -0.2) is 17.9 Å². The normalized spacial score (nSPS) is 16.5. The van der Waals surface area contributed by atoms with Gasteiger partial charge in [-0.05, 0) is 44.0 Å². The van der Waals surface area contributed by atoms with Crippen molar-refractivity contribution in [3.8, 4) is 0 Å². The average Bonchev–Trinajstić information content (AvgIpc) is 2.48. The number of carbonyl (C=O) groups is 1. The van der Waals surface area contributed by atoms with Crippen LogP contribution in [0.25, 0.3) is 0 Å². The number of likely N-dealkylation sites (tertiary alicyclic amines) is 1. The minimum atomic E-state index is -3.57. The maximum Gasteiger partial charge on any atom is 0.409 e. The second-order valence-electron chi connectivity index (χ2n) is 5.04. The van der Waals surface area contributed by atoms with Crippen LogP contribution in [-0.4, -0.2) is 45.1 Å². The lowest BCUT2D eigenvalue weighted by atomic mass is 10.1. The van der Waals surface area contributed by atoms with Crippen molar-refractivity contribution in [1.82, 2.24) is 9.62 Å². The maximum atomic E-state index is 12.3. The van der Waals surface area contributed by atoms with E-state index >= 15 is 0 Å². The molecule has 1 aliphatic heterocycles. The third-order valence-corrected chi connectivity index (χ3v) is 5.26. The third-order valence-electron chi connectivity index (χ3n) is 3.47. The van der Waals surface area contributed by atoms with E-state index in [1.807, 2.05) is 0 Å². The van der Waals surface area contributed by atoms with Gasteiger partial charge in [-0.1, -0.05) is 11.6 Å². The first-order chi connectivity index (χ1) is 10.4. The lowest BCUT2D eigenvalue weighted by Crippen LogP contribution is -2.46. The summed E-state index contributed by atoms with van der Waals surface area (Å²) in [4.78, 5) is 13.4. The first-order valence-electron chi connectivity index (χ1n) is 7.12. The number of benzene rings is 1. The van der Waals surface area contributed by atoms with Gasteiger partial charge in [0.15, 0.2) is 0 Å². The third kappa shape index (κ3) is 4.34. The van der Waals surface area contributed by atoms with Crippen molar-refractivity contribution in [2.24, 2.45) is 0 Å². The highest BCUT2D eigenvalue weighted by Gasteiger charge is 2.27. The molecule has 1 heterocycles. The highest BCUT2D eigenvalue weighted by atomic mass is 35.5. The van der Waals surface area contributed by atoms with Gasteiger partial charge in [0.25, 0.3) is 0 Å². The molecule has 1 aliphatic rings. The Morgan fingerprint density at radius 3 is 2.45 bits per heavy atom. The van der Waals surface area contributed by atoms with E-state index in [9.17, 15) is 13.2 Å². The van der Waals surface area contributed by atoms with E-state index in [-0.39, 0.29) is 17.0 Å². The van der Waals surface area contributed by atoms with Crippen molar-refractivity contribution in [3.63, 3.8) is 0 Å². The Morgan fingerprint density at radius 2 is 1.91 bits per heavy atom. The zero-order valence-electron chi connectivity index (χ0n) is 12.3. The van der Waals surface area contributed by atoms with Crippen molar-refractivity contribution < 1.29 is 17.9 Å². The Kier molecular flexibility index (Phi) is 5.66. The number of amides is 1. The molecule has 6 nitrogen and oxygen atoms in total.